The number of rotatable bonds is 5. The molecule has 0 atom stereocenters. The van der Waals surface area contributed by atoms with Gasteiger partial charge in [0.25, 0.3) is 0 Å². The lowest BCUT2D eigenvalue weighted by molar-refractivity contribution is 0.111. The molecule has 0 unspecified atom stereocenters. The maximum absolute atomic E-state index is 12.0. The second-order valence-corrected chi connectivity index (χ2v) is 9.32. The largest absolute Gasteiger partial charge is 0.492 e. The van der Waals surface area contributed by atoms with Gasteiger partial charge in [0.15, 0.2) is 16.1 Å². The highest BCUT2D eigenvalue weighted by Gasteiger charge is 2.28. The van der Waals surface area contributed by atoms with E-state index < -0.39 is 14.6 Å². The molecule has 0 heterocycles. The molecule has 20 heavy (non-hydrogen) atoms. The number of halogens is 1. The third-order valence-corrected chi connectivity index (χ3v) is 5.95. The van der Waals surface area contributed by atoms with Gasteiger partial charge in [0.05, 0.1) is 16.1 Å². The van der Waals surface area contributed by atoms with Gasteiger partial charge in [0.2, 0.25) is 0 Å². The van der Waals surface area contributed by atoms with Crippen LogP contribution in [-0.4, -0.2) is 31.8 Å². The highest BCUT2D eigenvalue weighted by Crippen LogP contribution is 2.27. The molecule has 0 spiro atoms. The summed E-state index contributed by atoms with van der Waals surface area (Å²) in [6.07, 6.45) is 0.700. The molecule has 0 fully saturated rings. The van der Waals surface area contributed by atoms with Gasteiger partial charge in [0, 0.05) is 4.47 Å². The predicted octanol–water partition coefficient (Wildman–Crippen LogP) is 3.16. The minimum absolute atomic E-state index is 0.0307. The van der Waals surface area contributed by atoms with Crippen LogP contribution in [0.2, 0.25) is 0 Å². The fraction of sp³-hybridized carbons (Fsp3) is 0.500. The zero-order valence-electron chi connectivity index (χ0n) is 12.1. The lowest BCUT2D eigenvalue weighted by atomic mass is 10.1. The Morgan fingerprint density at radius 1 is 1.30 bits per heavy atom. The first-order chi connectivity index (χ1) is 9.08. The van der Waals surface area contributed by atoms with E-state index in [9.17, 15) is 13.2 Å². The quantitative estimate of drug-likeness (QED) is 0.754. The van der Waals surface area contributed by atoms with Gasteiger partial charge in [-0.2, -0.15) is 0 Å². The summed E-state index contributed by atoms with van der Waals surface area (Å²) in [4.78, 5) is 11.0. The van der Waals surface area contributed by atoms with Crippen LogP contribution in [0.1, 0.15) is 36.7 Å². The van der Waals surface area contributed by atoms with Gasteiger partial charge in [-0.05, 0) is 45.4 Å². The van der Waals surface area contributed by atoms with Crippen molar-refractivity contribution in [3.05, 3.63) is 27.7 Å². The summed E-state index contributed by atoms with van der Waals surface area (Å²) in [5.41, 5.74) is 1.19. The van der Waals surface area contributed by atoms with Gasteiger partial charge >= 0.3 is 0 Å². The molecule has 0 aliphatic carbocycles. The summed E-state index contributed by atoms with van der Waals surface area (Å²) < 4.78 is 29.4. The molecule has 0 aliphatic rings. The average molecular weight is 363 g/mol. The summed E-state index contributed by atoms with van der Waals surface area (Å²) in [6, 6.07) is 3.47. The van der Waals surface area contributed by atoms with Crippen LogP contribution < -0.4 is 4.74 Å². The van der Waals surface area contributed by atoms with Crippen molar-refractivity contribution in [2.45, 2.75) is 32.4 Å². The molecule has 6 heteroatoms. The molecule has 0 amide bonds. The molecule has 1 rings (SSSR count). The number of carbonyl (C=O) groups is 1. The Bertz CT molecular complexity index is 600. The molecule has 1 aromatic rings. The Balaban J connectivity index is 2.85. The molecular weight excluding hydrogens is 344 g/mol. The van der Waals surface area contributed by atoms with E-state index >= 15 is 0 Å². The van der Waals surface area contributed by atoms with Crippen LogP contribution in [0, 0.1) is 6.92 Å². The van der Waals surface area contributed by atoms with E-state index in [0.717, 1.165) is 10.0 Å². The Labute approximate surface area is 128 Å². The summed E-state index contributed by atoms with van der Waals surface area (Å²) in [5.74, 6) is 0.358. The fourth-order valence-electron chi connectivity index (χ4n) is 1.60. The second-order valence-electron chi connectivity index (χ2n) is 5.54. The number of sulfone groups is 1. The number of aldehydes is 1. The van der Waals surface area contributed by atoms with Crippen LogP contribution in [0.3, 0.4) is 0 Å². The van der Waals surface area contributed by atoms with E-state index in [2.05, 4.69) is 15.9 Å². The molecule has 112 valence electrons. The molecule has 0 aromatic heterocycles. The van der Waals surface area contributed by atoms with Gasteiger partial charge in [-0.3, -0.25) is 4.79 Å². The molecule has 0 saturated heterocycles. The number of ether oxygens (including phenoxy) is 1. The lowest BCUT2D eigenvalue weighted by Gasteiger charge is -2.19. The summed E-state index contributed by atoms with van der Waals surface area (Å²) >= 11 is 3.30. The average Bonchev–Trinajstić information content (AvgIpc) is 2.29. The number of benzene rings is 1. The summed E-state index contributed by atoms with van der Waals surface area (Å²) in [6.45, 7) is 6.81. The fourth-order valence-corrected chi connectivity index (χ4v) is 3.11. The number of aryl methyl sites for hydroxylation is 1. The smallest absolute Gasteiger partial charge is 0.158 e. The Kier molecular flexibility index (Phi) is 5.38. The third kappa shape index (κ3) is 4.06. The van der Waals surface area contributed by atoms with Gasteiger partial charge < -0.3 is 4.74 Å². The molecule has 0 saturated carbocycles. The monoisotopic (exact) mass is 362 g/mol. The molecule has 0 bridgehead atoms. The van der Waals surface area contributed by atoms with Crippen molar-refractivity contribution in [2.24, 2.45) is 0 Å². The molecule has 0 N–H and O–H groups in total. The van der Waals surface area contributed by atoms with Crippen LogP contribution in [0.5, 0.6) is 5.75 Å². The van der Waals surface area contributed by atoms with E-state index in [4.69, 9.17) is 4.74 Å². The summed E-state index contributed by atoms with van der Waals surface area (Å²) in [7, 11) is -3.23. The van der Waals surface area contributed by atoms with Crippen LogP contribution in [0.25, 0.3) is 0 Å². The first kappa shape index (κ1) is 17.2. The van der Waals surface area contributed by atoms with Gasteiger partial charge in [0.1, 0.15) is 12.4 Å². The van der Waals surface area contributed by atoms with Crippen molar-refractivity contribution in [3.63, 3.8) is 0 Å². The second kappa shape index (κ2) is 6.26. The summed E-state index contributed by atoms with van der Waals surface area (Å²) in [5, 5.41) is 0. The minimum atomic E-state index is -3.23. The molecule has 4 nitrogen and oxygen atoms in total. The van der Waals surface area contributed by atoms with Crippen LogP contribution in [-0.2, 0) is 9.84 Å². The zero-order valence-corrected chi connectivity index (χ0v) is 14.5. The van der Waals surface area contributed by atoms with E-state index in [1.54, 1.807) is 26.8 Å². The maximum atomic E-state index is 12.0. The molecule has 1 aromatic carbocycles. The Morgan fingerprint density at radius 3 is 2.40 bits per heavy atom. The normalized spacial score (nSPS) is 12.2. The Morgan fingerprint density at radius 2 is 1.90 bits per heavy atom. The van der Waals surface area contributed by atoms with E-state index in [0.29, 0.717) is 17.6 Å². The van der Waals surface area contributed by atoms with Gasteiger partial charge in [-0.15, -0.1) is 0 Å². The molecular formula is C14H19BrO4S. The van der Waals surface area contributed by atoms with E-state index in [1.807, 2.05) is 13.0 Å². The third-order valence-electron chi connectivity index (χ3n) is 2.93. The number of hydrogen-bond acceptors (Lipinski definition) is 4. The minimum Gasteiger partial charge on any atom is -0.492 e. The van der Waals surface area contributed by atoms with Crippen molar-refractivity contribution in [2.75, 3.05) is 12.4 Å². The predicted molar refractivity (Wildman–Crippen MR) is 83.3 cm³/mol. The van der Waals surface area contributed by atoms with Crippen LogP contribution in [0.15, 0.2) is 16.6 Å². The van der Waals surface area contributed by atoms with Crippen LogP contribution in [0.4, 0.5) is 0 Å². The van der Waals surface area contributed by atoms with Crippen molar-refractivity contribution < 1.29 is 17.9 Å². The Hall–Kier alpha value is -0.880. The highest BCUT2D eigenvalue weighted by molar-refractivity contribution is 9.10. The lowest BCUT2D eigenvalue weighted by Crippen LogP contribution is -2.32. The van der Waals surface area contributed by atoms with Crippen molar-refractivity contribution >= 4 is 32.1 Å². The van der Waals surface area contributed by atoms with Crippen molar-refractivity contribution in [3.8, 4) is 5.75 Å². The highest BCUT2D eigenvalue weighted by atomic mass is 79.9. The van der Waals surface area contributed by atoms with Gasteiger partial charge in [-0.1, -0.05) is 15.9 Å². The first-order valence-electron chi connectivity index (χ1n) is 6.19. The van der Waals surface area contributed by atoms with Crippen molar-refractivity contribution in [1.29, 1.82) is 0 Å². The van der Waals surface area contributed by atoms with Crippen LogP contribution >= 0.6 is 15.9 Å². The SMILES string of the molecule is Cc1cc(Br)cc(C=O)c1OCCS(=O)(=O)C(C)(C)C. The first-order valence-corrected chi connectivity index (χ1v) is 8.63. The van der Waals surface area contributed by atoms with Crippen molar-refractivity contribution in [1.82, 2.24) is 0 Å². The number of hydrogen-bond donors (Lipinski definition) is 0. The number of carbonyl (C=O) groups excluding carboxylic acids is 1. The van der Waals surface area contributed by atoms with Gasteiger partial charge in [-0.25, -0.2) is 8.42 Å². The molecule has 0 aliphatic heterocycles. The standard InChI is InChI=1S/C14H19BrO4S/c1-10-7-12(15)8-11(9-16)13(10)19-5-6-20(17,18)14(2,3)4/h7-9H,5-6H2,1-4H3. The van der Waals surface area contributed by atoms with E-state index in [1.165, 1.54) is 0 Å². The van der Waals surface area contributed by atoms with E-state index in [-0.39, 0.29) is 12.4 Å². The topological polar surface area (TPSA) is 60.4 Å². The zero-order chi connectivity index (χ0) is 15.6. The maximum Gasteiger partial charge on any atom is 0.158 e. The molecule has 0 radical (unpaired) electrons.